The molecule has 0 aromatic carbocycles. The lowest BCUT2D eigenvalue weighted by atomic mass is 9.62. The number of carbonyl (C=O) groups excluding carboxylic acids is 1. The Bertz CT molecular complexity index is 259. The van der Waals surface area contributed by atoms with E-state index in [-0.39, 0.29) is 11.9 Å². The van der Waals surface area contributed by atoms with E-state index in [0.29, 0.717) is 17.9 Å². The zero-order valence-corrected chi connectivity index (χ0v) is 9.28. The van der Waals surface area contributed by atoms with Crippen LogP contribution in [-0.2, 0) is 4.79 Å². The van der Waals surface area contributed by atoms with Gasteiger partial charge in [0.05, 0.1) is 6.04 Å². The lowest BCUT2D eigenvalue weighted by Crippen LogP contribution is -2.45. The number of nitrogens with zero attached hydrogens (tertiary/aromatic N) is 1. The third kappa shape index (κ3) is 1.88. The molecule has 1 aliphatic heterocycles. The van der Waals surface area contributed by atoms with E-state index < -0.39 is 0 Å². The average Bonchev–Trinajstić information content (AvgIpc) is 2.58. The van der Waals surface area contributed by atoms with Gasteiger partial charge in [0.2, 0.25) is 5.91 Å². The molecule has 4 nitrogen and oxygen atoms in total. The Morgan fingerprint density at radius 3 is 2.87 bits per heavy atom. The summed E-state index contributed by atoms with van der Waals surface area (Å²) in [5.41, 5.74) is 5.90. The smallest absolute Gasteiger partial charge is 0.239 e. The molecule has 2 fully saturated rings. The fraction of sp³-hybridized carbons (Fsp3) is 0.909. The molecule has 0 aromatic rings. The van der Waals surface area contributed by atoms with Crippen LogP contribution in [0.3, 0.4) is 0 Å². The molecule has 0 aromatic heterocycles. The first kappa shape index (κ1) is 10.9. The van der Waals surface area contributed by atoms with E-state index in [0.717, 1.165) is 32.4 Å². The van der Waals surface area contributed by atoms with Gasteiger partial charge in [-0.15, -0.1) is 0 Å². The Balaban J connectivity index is 1.88. The summed E-state index contributed by atoms with van der Waals surface area (Å²) < 4.78 is 0. The van der Waals surface area contributed by atoms with Crippen molar-refractivity contribution in [3.05, 3.63) is 0 Å². The predicted octanol–water partition coefficient (Wildman–Crippen LogP) is -0.0454. The van der Waals surface area contributed by atoms with Gasteiger partial charge in [0.1, 0.15) is 0 Å². The van der Waals surface area contributed by atoms with Crippen molar-refractivity contribution in [3.8, 4) is 0 Å². The Hall–Kier alpha value is -0.610. The molecule has 2 aliphatic rings. The van der Waals surface area contributed by atoms with Crippen molar-refractivity contribution < 1.29 is 9.90 Å². The van der Waals surface area contributed by atoms with Crippen LogP contribution >= 0.6 is 0 Å². The van der Waals surface area contributed by atoms with Crippen LogP contribution in [0.15, 0.2) is 0 Å². The molecule has 86 valence electrons. The minimum atomic E-state index is -0.381. The molecule has 0 radical (unpaired) electrons. The van der Waals surface area contributed by atoms with Crippen LogP contribution in [0.1, 0.15) is 26.2 Å². The molecule has 0 unspecified atom stereocenters. The Labute approximate surface area is 90.4 Å². The maximum absolute atomic E-state index is 11.7. The summed E-state index contributed by atoms with van der Waals surface area (Å²) in [5.74, 6) is 0.537. The fourth-order valence-electron chi connectivity index (χ4n) is 3.04. The standard InChI is InChI=1S/C11H20N2O2/c1-8(12)10(15)13-3-2-11(7-13)4-9(5-11)6-14/h8-9,14H,2-7,12H2,1H3/t8-,9?,11?/m1/s1. The number of nitrogens with two attached hydrogens (primary N) is 1. The highest BCUT2D eigenvalue weighted by Crippen LogP contribution is 2.51. The van der Waals surface area contributed by atoms with Crippen molar-refractivity contribution in [1.82, 2.24) is 4.90 Å². The molecule has 1 aliphatic carbocycles. The van der Waals surface area contributed by atoms with Crippen molar-refractivity contribution >= 4 is 5.91 Å². The Morgan fingerprint density at radius 2 is 2.33 bits per heavy atom. The first-order valence-corrected chi connectivity index (χ1v) is 5.71. The number of aliphatic hydroxyl groups excluding tert-OH is 1. The number of aliphatic hydroxyl groups is 1. The summed E-state index contributed by atoms with van der Waals surface area (Å²) in [7, 11) is 0. The quantitative estimate of drug-likeness (QED) is 0.674. The second-order valence-electron chi connectivity index (χ2n) is 5.26. The lowest BCUT2D eigenvalue weighted by molar-refractivity contribution is -0.132. The van der Waals surface area contributed by atoms with Gasteiger partial charge in [0.25, 0.3) is 0 Å². The third-order valence-corrected chi connectivity index (χ3v) is 3.84. The first-order valence-electron chi connectivity index (χ1n) is 5.71. The van der Waals surface area contributed by atoms with Crippen molar-refractivity contribution in [2.45, 2.75) is 32.2 Å². The van der Waals surface area contributed by atoms with E-state index in [1.54, 1.807) is 6.92 Å². The van der Waals surface area contributed by atoms with Gasteiger partial charge in [0.15, 0.2) is 0 Å². The van der Waals surface area contributed by atoms with E-state index in [9.17, 15) is 4.79 Å². The molecule has 0 bridgehead atoms. The molecule has 15 heavy (non-hydrogen) atoms. The zero-order chi connectivity index (χ0) is 11.1. The molecule has 2 rings (SSSR count). The minimum absolute atomic E-state index is 0.0688. The number of hydrogen-bond donors (Lipinski definition) is 2. The summed E-state index contributed by atoms with van der Waals surface area (Å²) in [6, 6.07) is -0.381. The Morgan fingerprint density at radius 1 is 1.67 bits per heavy atom. The van der Waals surface area contributed by atoms with Crippen LogP contribution in [0, 0.1) is 11.3 Å². The Kier molecular flexibility index (Phi) is 2.73. The van der Waals surface area contributed by atoms with Crippen molar-refractivity contribution in [2.75, 3.05) is 19.7 Å². The average molecular weight is 212 g/mol. The SMILES string of the molecule is C[C@@H](N)C(=O)N1CCC2(CC(CO)C2)C1. The number of likely N-dealkylation sites (tertiary alicyclic amines) is 1. The highest BCUT2D eigenvalue weighted by Gasteiger charge is 2.49. The molecular weight excluding hydrogens is 192 g/mol. The highest BCUT2D eigenvalue weighted by atomic mass is 16.3. The van der Waals surface area contributed by atoms with Crippen molar-refractivity contribution in [1.29, 1.82) is 0 Å². The third-order valence-electron chi connectivity index (χ3n) is 3.84. The van der Waals surface area contributed by atoms with Crippen molar-refractivity contribution in [3.63, 3.8) is 0 Å². The summed E-state index contributed by atoms with van der Waals surface area (Å²) in [4.78, 5) is 13.6. The second-order valence-corrected chi connectivity index (χ2v) is 5.26. The zero-order valence-electron chi connectivity index (χ0n) is 9.28. The van der Waals surface area contributed by atoms with Crippen LogP contribution in [0.2, 0.25) is 0 Å². The minimum Gasteiger partial charge on any atom is -0.396 e. The molecule has 1 amide bonds. The topological polar surface area (TPSA) is 66.6 Å². The lowest BCUT2D eigenvalue weighted by Gasteiger charge is -2.44. The number of rotatable bonds is 2. The maximum Gasteiger partial charge on any atom is 0.239 e. The molecule has 1 spiro atoms. The van der Waals surface area contributed by atoms with Gasteiger partial charge in [-0.05, 0) is 37.5 Å². The van der Waals surface area contributed by atoms with Gasteiger partial charge in [-0.2, -0.15) is 0 Å². The maximum atomic E-state index is 11.7. The van der Waals surface area contributed by atoms with Gasteiger partial charge >= 0.3 is 0 Å². The predicted molar refractivity (Wildman–Crippen MR) is 57.1 cm³/mol. The highest BCUT2D eigenvalue weighted by molar-refractivity contribution is 5.81. The van der Waals surface area contributed by atoms with E-state index >= 15 is 0 Å². The van der Waals surface area contributed by atoms with E-state index in [1.807, 2.05) is 4.90 Å². The van der Waals surface area contributed by atoms with Crippen LogP contribution < -0.4 is 5.73 Å². The van der Waals surface area contributed by atoms with Crippen LogP contribution in [0.25, 0.3) is 0 Å². The van der Waals surface area contributed by atoms with E-state index in [1.165, 1.54) is 0 Å². The van der Waals surface area contributed by atoms with Crippen LogP contribution in [0.4, 0.5) is 0 Å². The van der Waals surface area contributed by atoms with Crippen LogP contribution in [0.5, 0.6) is 0 Å². The molecule has 1 heterocycles. The van der Waals surface area contributed by atoms with E-state index in [2.05, 4.69) is 0 Å². The molecule has 1 saturated carbocycles. The summed E-state index contributed by atoms with van der Waals surface area (Å²) in [5, 5.41) is 8.99. The van der Waals surface area contributed by atoms with Gasteiger partial charge in [-0.1, -0.05) is 0 Å². The van der Waals surface area contributed by atoms with Gasteiger partial charge in [0, 0.05) is 19.7 Å². The van der Waals surface area contributed by atoms with Gasteiger partial charge in [-0.25, -0.2) is 0 Å². The first-order chi connectivity index (χ1) is 7.06. The largest absolute Gasteiger partial charge is 0.396 e. The molecule has 1 saturated heterocycles. The van der Waals surface area contributed by atoms with E-state index in [4.69, 9.17) is 10.8 Å². The monoisotopic (exact) mass is 212 g/mol. The number of carbonyl (C=O) groups is 1. The van der Waals surface area contributed by atoms with Gasteiger partial charge in [-0.3, -0.25) is 4.79 Å². The van der Waals surface area contributed by atoms with Crippen molar-refractivity contribution in [2.24, 2.45) is 17.1 Å². The summed E-state index contributed by atoms with van der Waals surface area (Å²) in [6.07, 6.45) is 3.24. The molecule has 4 heteroatoms. The number of hydrogen-bond acceptors (Lipinski definition) is 3. The molecular formula is C11H20N2O2. The summed E-state index contributed by atoms with van der Waals surface area (Å²) >= 11 is 0. The molecule has 3 N–H and O–H groups in total. The van der Waals surface area contributed by atoms with Crippen LogP contribution in [-0.4, -0.2) is 41.7 Å². The second kappa shape index (κ2) is 3.76. The summed E-state index contributed by atoms with van der Waals surface area (Å²) in [6.45, 7) is 3.73. The fourth-order valence-corrected chi connectivity index (χ4v) is 3.04. The van der Waals surface area contributed by atoms with Gasteiger partial charge < -0.3 is 15.7 Å². The number of amides is 1. The normalized spacial score (nSPS) is 36.7. The molecule has 1 atom stereocenters.